The van der Waals surface area contributed by atoms with Gasteiger partial charge in [-0.05, 0) is 25.1 Å². The summed E-state index contributed by atoms with van der Waals surface area (Å²) >= 11 is 0. The summed E-state index contributed by atoms with van der Waals surface area (Å²) in [5.74, 6) is -2.44. The maximum absolute atomic E-state index is 14.6. The number of nitriles is 1. The van der Waals surface area contributed by atoms with Gasteiger partial charge in [0.1, 0.15) is 23.1 Å². The molecular weight excluding hydrogens is 494 g/mol. The summed E-state index contributed by atoms with van der Waals surface area (Å²) in [6.07, 6.45) is -0.299. The number of carboxylic acids is 1. The third-order valence-electron chi connectivity index (χ3n) is 5.66. The smallest absolute Gasteiger partial charge is 0.436 e. The topological polar surface area (TPSA) is 133 Å². The molecule has 13 heteroatoms. The number of hydrogen-bond donors (Lipinski definition) is 3. The summed E-state index contributed by atoms with van der Waals surface area (Å²) in [5, 5.41) is 25.9. The van der Waals surface area contributed by atoms with E-state index < -0.39 is 29.2 Å². The lowest BCUT2D eigenvalue weighted by molar-refractivity contribution is -0.141. The molecule has 0 saturated carbocycles. The molecule has 1 aromatic carbocycles. The van der Waals surface area contributed by atoms with Crippen LogP contribution < -0.4 is 5.32 Å². The Morgan fingerprint density at radius 3 is 2.68 bits per heavy atom. The summed E-state index contributed by atoms with van der Waals surface area (Å²) in [7, 11) is 0. The average molecular weight is 509 g/mol. The van der Waals surface area contributed by atoms with Gasteiger partial charge >= 0.3 is 12.1 Å². The highest BCUT2D eigenvalue weighted by atomic mass is 19.4. The number of hydrogen-bond acceptors (Lipinski definition) is 6. The molecule has 186 valence electrons. The summed E-state index contributed by atoms with van der Waals surface area (Å²) in [4.78, 5) is 23.1. The summed E-state index contributed by atoms with van der Waals surface area (Å²) in [5.41, 5.74) is -0.949. The number of alkyl halides is 3. The fourth-order valence-corrected chi connectivity index (χ4v) is 4.19. The van der Waals surface area contributed by atoms with E-state index in [-0.39, 0.29) is 33.2 Å². The number of aromatic carboxylic acids is 1. The molecule has 0 aliphatic rings. The number of pyridine rings is 2. The number of anilines is 1. The van der Waals surface area contributed by atoms with Gasteiger partial charge < -0.3 is 15.4 Å². The van der Waals surface area contributed by atoms with Crippen molar-refractivity contribution in [1.82, 2.24) is 24.7 Å². The third-order valence-corrected chi connectivity index (χ3v) is 5.66. The van der Waals surface area contributed by atoms with Gasteiger partial charge in [-0.3, -0.25) is 4.98 Å². The van der Waals surface area contributed by atoms with Gasteiger partial charge in [0.25, 0.3) is 0 Å². The van der Waals surface area contributed by atoms with E-state index in [1.807, 2.05) is 13.0 Å². The van der Waals surface area contributed by atoms with E-state index in [4.69, 9.17) is 0 Å². The number of aromatic nitrogens is 5. The summed E-state index contributed by atoms with van der Waals surface area (Å²) in [6.45, 7) is 2.27. The van der Waals surface area contributed by atoms with Crippen molar-refractivity contribution in [3.8, 4) is 22.9 Å². The molecule has 0 radical (unpaired) electrons. The van der Waals surface area contributed by atoms with Crippen molar-refractivity contribution in [2.75, 3.05) is 11.9 Å². The molecule has 0 saturated heterocycles. The predicted octanol–water partition coefficient (Wildman–Crippen LogP) is 5.12. The number of carboxylic acid groups (broad SMARTS) is 1. The maximum atomic E-state index is 14.6. The molecule has 4 heterocycles. The Bertz CT molecular complexity index is 1750. The highest BCUT2D eigenvalue weighted by Crippen LogP contribution is 2.40. The molecular formula is C24H15F4N7O2. The van der Waals surface area contributed by atoms with E-state index >= 15 is 0 Å². The van der Waals surface area contributed by atoms with Crippen molar-refractivity contribution < 1.29 is 27.5 Å². The van der Waals surface area contributed by atoms with Gasteiger partial charge in [0, 0.05) is 47.8 Å². The van der Waals surface area contributed by atoms with Gasteiger partial charge in [-0.15, -0.1) is 0 Å². The van der Waals surface area contributed by atoms with E-state index in [0.29, 0.717) is 23.3 Å². The average Bonchev–Trinajstić information content (AvgIpc) is 3.46. The van der Waals surface area contributed by atoms with Crippen LogP contribution in [0, 0.1) is 17.1 Å². The Morgan fingerprint density at radius 1 is 1.24 bits per heavy atom. The second kappa shape index (κ2) is 8.59. The first-order chi connectivity index (χ1) is 17.6. The number of H-pyrrole nitrogens is 1. The van der Waals surface area contributed by atoms with Gasteiger partial charge in [-0.1, -0.05) is 0 Å². The van der Waals surface area contributed by atoms with Crippen LogP contribution in [0.25, 0.3) is 38.8 Å². The molecule has 0 aliphatic heterocycles. The molecule has 0 atom stereocenters. The Labute approximate surface area is 205 Å². The number of halogens is 4. The van der Waals surface area contributed by atoms with E-state index in [1.54, 1.807) is 0 Å². The minimum Gasteiger partial charge on any atom is -0.478 e. The lowest BCUT2D eigenvalue weighted by Gasteiger charge is -2.12. The van der Waals surface area contributed by atoms with Crippen LogP contribution in [0.3, 0.4) is 0 Å². The van der Waals surface area contributed by atoms with Crippen molar-refractivity contribution in [3.05, 3.63) is 65.6 Å². The van der Waals surface area contributed by atoms with Crippen molar-refractivity contribution in [2.45, 2.75) is 13.1 Å². The van der Waals surface area contributed by atoms with Gasteiger partial charge in [-0.25, -0.2) is 18.9 Å². The first-order valence-electron chi connectivity index (χ1n) is 10.8. The number of aromatic amines is 1. The first-order valence-corrected chi connectivity index (χ1v) is 10.8. The Kier molecular flexibility index (Phi) is 5.51. The van der Waals surface area contributed by atoms with E-state index in [9.17, 15) is 32.7 Å². The number of rotatable bonds is 5. The minimum absolute atomic E-state index is 0.000752. The standard InChI is InChI=1S/C24H15F4N7O2/c1-2-31-17-5-13(25)4-14-18-20(35-10-16(23(36)37)21(34-35)24(26,27)28)15(9-32-22(18)33-19(14)17)12-3-11(6-29)7-30-8-12/h3-5,7-10,31H,2H2,1H3,(H,32,33)(H,36,37). The lowest BCUT2D eigenvalue weighted by atomic mass is 10.0. The van der Waals surface area contributed by atoms with E-state index in [1.165, 1.54) is 36.8 Å². The molecule has 0 spiro atoms. The van der Waals surface area contributed by atoms with Gasteiger partial charge in [0.15, 0.2) is 5.69 Å². The SMILES string of the molecule is CCNc1cc(F)cc2c1[nH]c1ncc(-c3cncc(C#N)c3)c(-n3cc(C(=O)O)c(C(F)(F)F)n3)c12. The minimum atomic E-state index is -5.06. The third kappa shape index (κ3) is 3.98. The van der Waals surface area contributed by atoms with E-state index in [2.05, 4.69) is 25.4 Å². The zero-order chi connectivity index (χ0) is 26.5. The van der Waals surface area contributed by atoms with Crippen molar-refractivity contribution in [1.29, 1.82) is 5.26 Å². The van der Waals surface area contributed by atoms with Crippen LogP contribution in [0.4, 0.5) is 23.2 Å². The van der Waals surface area contributed by atoms with Crippen molar-refractivity contribution in [2.24, 2.45) is 0 Å². The predicted molar refractivity (Wildman–Crippen MR) is 125 cm³/mol. The quantitative estimate of drug-likeness (QED) is 0.280. The zero-order valence-corrected chi connectivity index (χ0v) is 18.9. The molecule has 0 aliphatic carbocycles. The highest BCUT2D eigenvalue weighted by molar-refractivity contribution is 6.15. The molecule has 0 fully saturated rings. The van der Waals surface area contributed by atoms with Crippen LogP contribution in [0.5, 0.6) is 0 Å². The van der Waals surface area contributed by atoms with Gasteiger partial charge in [-0.2, -0.15) is 23.5 Å². The Balaban J connectivity index is 1.95. The fraction of sp³-hybridized carbons (Fsp3) is 0.125. The van der Waals surface area contributed by atoms with Crippen LogP contribution in [-0.4, -0.2) is 42.4 Å². The van der Waals surface area contributed by atoms with E-state index in [0.717, 1.165) is 10.9 Å². The first kappa shape index (κ1) is 23.7. The molecule has 0 bridgehead atoms. The molecule has 0 unspecified atom stereocenters. The van der Waals surface area contributed by atoms with Crippen LogP contribution in [0.2, 0.25) is 0 Å². The number of nitrogens with one attached hydrogen (secondary N) is 2. The Morgan fingerprint density at radius 2 is 2.03 bits per heavy atom. The largest absolute Gasteiger partial charge is 0.478 e. The maximum Gasteiger partial charge on any atom is 0.436 e. The van der Waals surface area contributed by atoms with Crippen LogP contribution in [0.15, 0.2) is 43.0 Å². The normalized spacial score (nSPS) is 11.7. The number of nitrogens with zero attached hydrogens (tertiary/aromatic N) is 5. The molecule has 3 N–H and O–H groups in total. The highest BCUT2D eigenvalue weighted by Gasteiger charge is 2.40. The number of carbonyl (C=O) groups is 1. The van der Waals surface area contributed by atoms with Crippen LogP contribution >= 0.6 is 0 Å². The summed E-state index contributed by atoms with van der Waals surface area (Å²) in [6, 6.07) is 5.85. The monoisotopic (exact) mass is 509 g/mol. The van der Waals surface area contributed by atoms with Gasteiger partial charge in [0.05, 0.1) is 27.8 Å². The van der Waals surface area contributed by atoms with Crippen molar-refractivity contribution >= 4 is 33.6 Å². The second-order valence-corrected chi connectivity index (χ2v) is 7.99. The molecule has 5 rings (SSSR count). The van der Waals surface area contributed by atoms with Crippen molar-refractivity contribution in [3.63, 3.8) is 0 Å². The van der Waals surface area contributed by atoms with Gasteiger partial charge in [0.2, 0.25) is 0 Å². The molecule has 0 amide bonds. The van der Waals surface area contributed by atoms with Crippen LogP contribution in [0.1, 0.15) is 28.5 Å². The number of benzene rings is 1. The molecule has 5 aromatic rings. The zero-order valence-electron chi connectivity index (χ0n) is 18.9. The Hall–Kier alpha value is -4.99. The molecule has 4 aromatic heterocycles. The summed E-state index contributed by atoms with van der Waals surface area (Å²) < 4.78 is 56.5. The second-order valence-electron chi connectivity index (χ2n) is 7.99. The lowest BCUT2D eigenvalue weighted by Crippen LogP contribution is -2.12. The fourth-order valence-electron chi connectivity index (χ4n) is 4.19. The van der Waals surface area contributed by atoms with Crippen LogP contribution in [-0.2, 0) is 6.18 Å². The molecule has 9 nitrogen and oxygen atoms in total. The molecule has 37 heavy (non-hydrogen) atoms. The number of fused-ring (bicyclic) bond motifs is 3.